The van der Waals surface area contributed by atoms with Gasteiger partial charge in [-0.05, 0) is 55.0 Å². The van der Waals surface area contributed by atoms with Crippen molar-refractivity contribution in [1.29, 1.82) is 0 Å². The zero-order valence-electron chi connectivity index (χ0n) is 13.9. The molecule has 0 saturated heterocycles. The van der Waals surface area contributed by atoms with Gasteiger partial charge in [-0.3, -0.25) is 4.72 Å². The van der Waals surface area contributed by atoms with Gasteiger partial charge in [0.2, 0.25) is 0 Å². The highest BCUT2D eigenvalue weighted by molar-refractivity contribution is 7.92. The first-order valence-electron chi connectivity index (χ1n) is 8.12. The van der Waals surface area contributed by atoms with Gasteiger partial charge >= 0.3 is 0 Å². The Morgan fingerprint density at radius 1 is 0.958 bits per heavy atom. The number of rotatable bonds is 9. The van der Waals surface area contributed by atoms with Crippen LogP contribution >= 0.6 is 0 Å². The third-order valence-corrected chi connectivity index (χ3v) is 4.96. The fourth-order valence-corrected chi connectivity index (χ4v) is 3.26. The molecule has 3 N–H and O–H groups in total. The van der Waals surface area contributed by atoms with Crippen LogP contribution in [0.1, 0.15) is 32.6 Å². The third-order valence-electron chi connectivity index (χ3n) is 3.56. The van der Waals surface area contributed by atoms with Crippen molar-refractivity contribution < 1.29 is 13.2 Å². The second kappa shape index (κ2) is 8.59. The Labute approximate surface area is 143 Å². The summed E-state index contributed by atoms with van der Waals surface area (Å²) in [6.07, 6.45) is 4.60. The third kappa shape index (κ3) is 5.45. The van der Waals surface area contributed by atoms with Crippen molar-refractivity contribution in [3.63, 3.8) is 0 Å². The van der Waals surface area contributed by atoms with Crippen molar-refractivity contribution in [3.05, 3.63) is 48.5 Å². The minimum absolute atomic E-state index is 0.174. The van der Waals surface area contributed by atoms with Gasteiger partial charge in [-0.2, -0.15) is 0 Å². The molecule has 2 rings (SSSR count). The molecule has 0 aliphatic heterocycles. The van der Waals surface area contributed by atoms with E-state index in [4.69, 9.17) is 10.5 Å². The smallest absolute Gasteiger partial charge is 0.261 e. The van der Waals surface area contributed by atoms with E-state index < -0.39 is 10.0 Å². The highest BCUT2D eigenvalue weighted by Crippen LogP contribution is 2.20. The Morgan fingerprint density at radius 2 is 1.62 bits per heavy atom. The number of nitrogen functional groups attached to an aromatic ring is 1. The van der Waals surface area contributed by atoms with Gasteiger partial charge < -0.3 is 10.5 Å². The molecular formula is C18H24N2O3S. The van der Waals surface area contributed by atoms with E-state index in [0.29, 0.717) is 18.0 Å². The summed E-state index contributed by atoms with van der Waals surface area (Å²) in [5, 5.41) is 0. The van der Waals surface area contributed by atoms with Crippen LogP contribution in [0.2, 0.25) is 0 Å². The van der Waals surface area contributed by atoms with Gasteiger partial charge in [-0.1, -0.05) is 26.2 Å². The molecule has 0 aliphatic rings. The molecule has 24 heavy (non-hydrogen) atoms. The van der Waals surface area contributed by atoms with Crippen LogP contribution in [0, 0.1) is 0 Å². The van der Waals surface area contributed by atoms with Crippen LogP contribution in [0.3, 0.4) is 0 Å². The van der Waals surface area contributed by atoms with Crippen molar-refractivity contribution >= 4 is 21.4 Å². The predicted molar refractivity (Wildman–Crippen MR) is 97.7 cm³/mol. The van der Waals surface area contributed by atoms with Crippen LogP contribution in [-0.2, 0) is 10.0 Å². The van der Waals surface area contributed by atoms with Gasteiger partial charge in [0.15, 0.2) is 0 Å². The number of sulfonamides is 1. The lowest BCUT2D eigenvalue weighted by Gasteiger charge is -2.10. The molecule has 0 saturated carbocycles. The monoisotopic (exact) mass is 348 g/mol. The average Bonchev–Trinajstić information content (AvgIpc) is 2.56. The molecule has 6 heteroatoms. The van der Waals surface area contributed by atoms with E-state index in [1.165, 1.54) is 25.0 Å². The van der Waals surface area contributed by atoms with Gasteiger partial charge in [0.1, 0.15) is 5.75 Å². The average molecular weight is 348 g/mol. The largest absolute Gasteiger partial charge is 0.494 e. The number of hydrogen-bond donors (Lipinski definition) is 2. The molecule has 0 amide bonds. The van der Waals surface area contributed by atoms with E-state index in [1.807, 2.05) is 0 Å². The van der Waals surface area contributed by atoms with Crippen LogP contribution in [-0.4, -0.2) is 15.0 Å². The second-order valence-electron chi connectivity index (χ2n) is 5.61. The van der Waals surface area contributed by atoms with Crippen molar-refractivity contribution in [1.82, 2.24) is 0 Å². The van der Waals surface area contributed by atoms with Gasteiger partial charge in [-0.25, -0.2) is 8.42 Å². The lowest BCUT2D eigenvalue weighted by Crippen LogP contribution is -2.12. The molecule has 2 aromatic rings. The second-order valence-corrected chi connectivity index (χ2v) is 7.29. The molecule has 130 valence electrons. The molecule has 0 aromatic heterocycles. The molecule has 0 heterocycles. The Bertz CT molecular complexity index is 726. The summed E-state index contributed by atoms with van der Waals surface area (Å²) in [5.41, 5.74) is 6.59. The number of anilines is 2. The summed E-state index contributed by atoms with van der Waals surface area (Å²) in [5.74, 6) is 0.738. The number of hydrogen-bond acceptors (Lipinski definition) is 4. The predicted octanol–water partition coefficient (Wildman–Crippen LogP) is 4.03. The number of nitrogens with two attached hydrogens (primary N) is 1. The topological polar surface area (TPSA) is 81.4 Å². The molecule has 0 spiro atoms. The number of benzene rings is 2. The van der Waals surface area contributed by atoms with Crippen molar-refractivity contribution in [2.45, 2.75) is 37.5 Å². The van der Waals surface area contributed by atoms with E-state index in [9.17, 15) is 8.42 Å². The van der Waals surface area contributed by atoms with Crippen LogP contribution in [0.5, 0.6) is 5.75 Å². The maximum Gasteiger partial charge on any atom is 0.261 e. The standard InChI is InChI=1S/C18H24N2O3S/c1-2-3-4-5-14-23-17-10-8-16(9-11-17)20-24(21,22)18-12-6-15(19)7-13-18/h6-13,20H,2-5,14,19H2,1H3. The van der Waals surface area contributed by atoms with Gasteiger partial charge in [-0.15, -0.1) is 0 Å². The minimum Gasteiger partial charge on any atom is -0.494 e. The van der Waals surface area contributed by atoms with Crippen LogP contribution in [0.25, 0.3) is 0 Å². The van der Waals surface area contributed by atoms with Crippen LogP contribution < -0.4 is 15.2 Å². The van der Waals surface area contributed by atoms with Crippen molar-refractivity contribution in [2.24, 2.45) is 0 Å². The first kappa shape index (κ1) is 18.1. The minimum atomic E-state index is -3.62. The Balaban J connectivity index is 1.92. The van der Waals surface area contributed by atoms with E-state index in [-0.39, 0.29) is 4.90 Å². The highest BCUT2D eigenvalue weighted by Gasteiger charge is 2.13. The quantitative estimate of drug-likeness (QED) is 0.529. The van der Waals surface area contributed by atoms with Gasteiger partial charge in [0.25, 0.3) is 10.0 Å². The fourth-order valence-electron chi connectivity index (χ4n) is 2.20. The molecule has 0 unspecified atom stereocenters. The number of unbranched alkanes of at least 4 members (excludes halogenated alkanes) is 3. The summed E-state index contributed by atoms with van der Waals surface area (Å²) in [7, 11) is -3.62. The Hall–Kier alpha value is -2.21. The number of ether oxygens (including phenoxy) is 1. The van der Waals surface area contributed by atoms with Crippen molar-refractivity contribution in [2.75, 3.05) is 17.1 Å². The molecule has 2 aromatic carbocycles. The maximum atomic E-state index is 12.3. The molecular weight excluding hydrogens is 324 g/mol. The maximum absolute atomic E-state index is 12.3. The van der Waals surface area contributed by atoms with Crippen LogP contribution in [0.4, 0.5) is 11.4 Å². The fraction of sp³-hybridized carbons (Fsp3) is 0.333. The van der Waals surface area contributed by atoms with E-state index in [1.54, 1.807) is 36.4 Å². The van der Waals surface area contributed by atoms with Crippen LogP contribution in [0.15, 0.2) is 53.4 Å². The molecule has 0 bridgehead atoms. The summed E-state index contributed by atoms with van der Waals surface area (Å²) in [6, 6.07) is 13.0. The zero-order valence-corrected chi connectivity index (χ0v) is 14.7. The SMILES string of the molecule is CCCCCCOc1ccc(NS(=O)(=O)c2ccc(N)cc2)cc1. The zero-order chi connectivity index (χ0) is 17.4. The first-order chi connectivity index (χ1) is 11.5. The summed E-state index contributed by atoms with van der Waals surface area (Å²) < 4.78 is 32.8. The highest BCUT2D eigenvalue weighted by atomic mass is 32.2. The first-order valence-corrected chi connectivity index (χ1v) is 9.61. The normalized spacial score (nSPS) is 11.2. The lowest BCUT2D eigenvalue weighted by atomic mass is 10.2. The summed E-state index contributed by atoms with van der Waals surface area (Å²) in [4.78, 5) is 0.174. The molecule has 0 atom stereocenters. The Kier molecular flexibility index (Phi) is 6.49. The molecule has 0 fully saturated rings. The van der Waals surface area contributed by atoms with Gasteiger partial charge in [0.05, 0.1) is 11.5 Å². The van der Waals surface area contributed by atoms with Gasteiger partial charge in [0, 0.05) is 11.4 Å². The molecule has 0 aliphatic carbocycles. The Morgan fingerprint density at radius 3 is 2.25 bits per heavy atom. The number of nitrogens with one attached hydrogen (secondary N) is 1. The lowest BCUT2D eigenvalue weighted by molar-refractivity contribution is 0.305. The molecule has 5 nitrogen and oxygen atoms in total. The van der Waals surface area contributed by atoms with E-state index in [2.05, 4.69) is 11.6 Å². The van der Waals surface area contributed by atoms with Crippen molar-refractivity contribution in [3.8, 4) is 5.75 Å². The summed E-state index contributed by atoms with van der Waals surface area (Å²) >= 11 is 0. The summed E-state index contributed by atoms with van der Waals surface area (Å²) in [6.45, 7) is 2.85. The van der Waals surface area contributed by atoms with E-state index in [0.717, 1.165) is 18.6 Å². The van der Waals surface area contributed by atoms with E-state index >= 15 is 0 Å². The molecule has 0 radical (unpaired) electrons.